The van der Waals surface area contributed by atoms with Gasteiger partial charge in [-0.15, -0.1) is 0 Å². The van der Waals surface area contributed by atoms with Crippen LogP contribution in [0.5, 0.6) is 0 Å². The molecule has 0 saturated carbocycles. The lowest BCUT2D eigenvalue weighted by molar-refractivity contribution is -0.137. The molecular formula is C26H35BF2N4O6. The Kier molecular flexibility index (Phi) is 10.4. The van der Waals surface area contributed by atoms with Crippen molar-refractivity contribution in [3.63, 3.8) is 0 Å². The number of alkyl halides is 2. The quantitative estimate of drug-likeness (QED) is 0.228. The molecule has 2 aliphatic rings. The maximum absolute atomic E-state index is 13.7. The van der Waals surface area contributed by atoms with E-state index in [-0.39, 0.29) is 51.3 Å². The molecule has 0 radical (unpaired) electrons. The molecule has 13 heteroatoms. The zero-order valence-corrected chi connectivity index (χ0v) is 22.2. The maximum Gasteiger partial charge on any atom is 0.475 e. The molecule has 2 heterocycles. The fraction of sp³-hybridized carbons (Fsp3) is 0.577. The second-order valence-corrected chi connectivity index (χ2v) is 10.4. The lowest BCUT2D eigenvalue weighted by Gasteiger charge is -2.36. The Morgan fingerprint density at radius 3 is 2.67 bits per heavy atom. The number of amides is 2. The molecule has 2 aliphatic heterocycles. The standard InChI is InChI=1S/C26H35BF2N4O6/c1-25(2,32-11-10-26(28,29)18-32)14-20(15-30)23(34)33-12-13-38-16-21(33)17-39-24(35)31-22(27(36)37)9-8-19-6-4-3-5-7-19/h3-7,14,21-22,36-37H,8-13,16-18H2,1-2H3,(H,31,35)/t21-,22?/m1/s1. The largest absolute Gasteiger partial charge is 0.475 e. The molecule has 10 nitrogen and oxygen atoms in total. The topological polar surface area (TPSA) is 135 Å². The van der Waals surface area contributed by atoms with Gasteiger partial charge in [-0.3, -0.25) is 9.69 Å². The molecule has 212 valence electrons. The molecule has 1 unspecified atom stereocenters. The molecule has 0 bridgehead atoms. The molecule has 2 atom stereocenters. The van der Waals surface area contributed by atoms with Gasteiger partial charge in [0.1, 0.15) is 18.2 Å². The summed E-state index contributed by atoms with van der Waals surface area (Å²) in [6.07, 6.45) is 0.966. The van der Waals surface area contributed by atoms with Crippen LogP contribution >= 0.6 is 0 Å². The van der Waals surface area contributed by atoms with Crippen molar-refractivity contribution in [2.75, 3.05) is 39.5 Å². The Morgan fingerprint density at radius 2 is 2.05 bits per heavy atom. The van der Waals surface area contributed by atoms with Gasteiger partial charge in [0.25, 0.3) is 11.8 Å². The first-order valence-corrected chi connectivity index (χ1v) is 12.9. The average Bonchev–Trinajstić information content (AvgIpc) is 3.29. The Labute approximate surface area is 227 Å². The van der Waals surface area contributed by atoms with E-state index in [1.165, 1.54) is 15.9 Å². The van der Waals surface area contributed by atoms with E-state index in [0.29, 0.717) is 6.42 Å². The first-order valence-electron chi connectivity index (χ1n) is 12.9. The molecule has 39 heavy (non-hydrogen) atoms. The highest BCUT2D eigenvalue weighted by Crippen LogP contribution is 2.33. The van der Waals surface area contributed by atoms with Crippen LogP contribution < -0.4 is 5.32 Å². The van der Waals surface area contributed by atoms with Crippen LogP contribution in [0.1, 0.15) is 32.3 Å². The number of alkyl carbamates (subject to hydrolysis) is 1. The van der Waals surface area contributed by atoms with E-state index < -0.39 is 49.1 Å². The normalized spacial score (nSPS) is 20.7. The van der Waals surface area contributed by atoms with Crippen LogP contribution in [0.4, 0.5) is 13.6 Å². The van der Waals surface area contributed by atoms with Gasteiger partial charge in [-0.05, 0) is 38.3 Å². The SMILES string of the molecule is CC(C)(C=C(C#N)C(=O)N1CCOC[C@@H]1COC(=O)NC(CCc1ccccc1)B(O)O)N1CCC(F)(F)C1. The third-order valence-electron chi connectivity index (χ3n) is 6.98. The number of likely N-dealkylation sites (tertiary alicyclic amines) is 1. The number of nitrogens with zero attached hydrogens (tertiary/aromatic N) is 3. The minimum atomic E-state index is -2.82. The van der Waals surface area contributed by atoms with E-state index in [0.717, 1.165) is 5.56 Å². The third kappa shape index (κ3) is 8.73. The van der Waals surface area contributed by atoms with Gasteiger partial charge in [0.2, 0.25) is 0 Å². The maximum atomic E-state index is 13.7. The summed E-state index contributed by atoms with van der Waals surface area (Å²) in [5, 5.41) is 31.5. The molecule has 2 saturated heterocycles. The summed E-state index contributed by atoms with van der Waals surface area (Å²) in [5.74, 6) is -4.41. The number of carbonyl (C=O) groups is 2. The van der Waals surface area contributed by atoms with Crippen LogP contribution in [0.25, 0.3) is 0 Å². The lowest BCUT2D eigenvalue weighted by atomic mass is 9.76. The Hall–Kier alpha value is -3.05. The molecule has 0 aliphatic carbocycles. The number of aryl methyl sites for hydroxylation is 1. The summed E-state index contributed by atoms with van der Waals surface area (Å²) in [5.41, 5.74) is -0.190. The number of nitrogens with one attached hydrogen (secondary N) is 1. The summed E-state index contributed by atoms with van der Waals surface area (Å²) >= 11 is 0. The summed E-state index contributed by atoms with van der Waals surface area (Å²) < 4.78 is 38.2. The number of rotatable bonds is 10. The van der Waals surface area contributed by atoms with Crippen molar-refractivity contribution in [1.82, 2.24) is 15.1 Å². The van der Waals surface area contributed by atoms with Gasteiger partial charge in [-0.25, -0.2) is 13.6 Å². The predicted molar refractivity (Wildman–Crippen MR) is 138 cm³/mol. The molecule has 2 amide bonds. The van der Waals surface area contributed by atoms with Crippen molar-refractivity contribution in [3.05, 3.63) is 47.5 Å². The summed E-state index contributed by atoms with van der Waals surface area (Å²) in [7, 11) is -1.81. The Balaban J connectivity index is 1.60. The predicted octanol–water partition coefficient (Wildman–Crippen LogP) is 1.52. The Bertz CT molecular complexity index is 1070. The van der Waals surface area contributed by atoms with E-state index in [4.69, 9.17) is 9.47 Å². The minimum Gasteiger partial charge on any atom is -0.447 e. The fourth-order valence-electron chi connectivity index (χ4n) is 4.66. The van der Waals surface area contributed by atoms with Crippen molar-refractivity contribution in [2.24, 2.45) is 0 Å². The Morgan fingerprint density at radius 1 is 1.33 bits per heavy atom. The lowest BCUT2D eigenvalue weighted by Crippen LogP contribution is -2.53. The van der Waals surface area contributed by atoms with Crippen LogP contribution in [-0.4, -0.2) is 102 Å². The second-order valence-electron chi connectivity index (χ2n) is 10.4. The van der Waals surface area contributed by atoms with E-state index in [9.17, 15) is 33.7 Å². The summed E-state index contributed by atoms with van der Waals surface area (Å²) in [4.78, 5) is 28.6. The van der Waals surface area contributed by atoms with Gasteiger partial charge >= 0.3 is 13.2 Å². The van der Waals surface area contributed by atoms with Gasteiger partial charge in [0.05, 0.1) is 31.7 Å². The zero-order valence-electron chi connectivity index (χ0n) is 22.2. The molecule has 3 rings (SSSR count). The summed E-state index contributed by atoms with van der Waals surface area (Å²) in [6.45, 7) is 3.19. The number of nitriles is 1. The van der Waals surface area contributed by atoms with Crippen LogP contribution in [-0.2, 0) is 20.7 Å². The van der Waals surface area contributed by atoms with E-state index in [2.05, 4.69) is 5.32 Å². The van der Waals surface area contributed by atoms with Crippen LogP contribution in [0.15, 0.2) is 42.0 Å². The van der Waals surface area contributed by atoms with Gasteiger partial charge in [-0.1, -0.05) is 30.3 Å². The van der Waals surface area contributed by atoms with Crippen LogP contribution in [0.2, 0.25) is 0 Å². The van der Waals surface area contributed by atoms with E-state index >= 15 is 0 Å². The minimum absolute atomic E-state index is 0.0551. The van der Waals surface area contributed by atoms with Crippen molar-refractivity contribution < 1.29 is 37.9 Å². The van der Waals surface area contributed by atoms with Gasteiger partial charge < -0.3 is 29.7 Å². The smallest absolute Gasteiger partial charge is 0.447 e. The molecule has 3 N–H and O–H groups in total. The molecule has 0 aromatic heterocycles. The van der Waals surface area contributed by atoms with Gasteiger partial charge in [0, 0.05) is 25.0 Å². The monoisotopic (exact) mass is 548 g/mol. The van der Waals surface area contributed by atoms with Crippen molar-refractivity contribution in [3.8, 4) is 6.07 Å². The zero-order chi connectivity index (χ0) is 28.6. The molecule has 1 aromatic carbocycles. The summed E-state index contributed by atoms with van der Waals surface area (Å²) in [6, 6.07) is 10.6. The average molecular weight is 548 g/mol. The molecule has 2 fully saturated rings. The highest BCUT2D eigenvalue weighted by molar-refractivity contribution is 6.43. The number of hydrogen-bond acceptors (Lipinski definition) is 8. The number of morpholine rings is 1. The van der Waals surface area contributed by atoms with Gasteiger partial charge in [0.15, 0.2) is 0 Å². The van der Waals surface area contributed by atoms with Crippen molar-refractivity contribution in [1.29, 1.82) is 5.26 Å². The molecular weight excluding hydrogens is 513 g/mol. The number of carbonyl (C=O) groups excluding carboxylic acids is 2. The van der Waals surface area contributed by atoms with Gasteiger partial charge in [-0.2, -0.15) is 5.26 Å². The first-order chi connectivity index (χ1) is 18.4. The first kappa shape index (κ1) is 30.5. The highest BCUT2D eigenvalue weighted by Gasteiger charge is 2.43. The number of hydrogen-bond donors (Lipinski definition) is 3. The number of benzene rings is 1. The number of ether oxygens (including phenoxy) is 2. The second kappa shape index (κ2) is 13.3. The van der Waals surface area contributed by atoms with Crippen LogP contribution in [0.3, 0.4) is 0 Å². The highest BCUT2D eigenvalue weighted by atomic mass is 19.3. The fourth-order valence-corrected chi connectivity index (χ4v) is 4.66. The van der Waals surface area contributed by atoms with Crippen LogP contribution in [0, 0.1) is 11.3 Å². The van der Waals surface area contributed by atoms with Crippen molar-refractivity contribution in [2.45, 2.75) is 56.6 Å². The van der Waals surface area contributed by atoms with E-state index in [1.54, 1.807) is 13.8 Å². The third-order valence-corrected chi connectivity index (χ3v) is 6.98. The van der Waals surface area contributed by atoms with E-state index in [1.807, 2.05) is 36.4 Å². The molecule has 0 spiro atoms. The van der Waals surface area contributed by atoms with Crippen molar-refractivity contribution >= 4 is 19.1 Å². The number of halogens is 2. The molecule has 1 aromatic rings.